The van der Waals surface area contributed by atoms with E-state index in [1.165, 1.54) is 7.11 Å². The fraction of sp³-hybridized carbons (Fsp3) is 0.208. The lowest BCUT2D eigenvalue weighted by Crippen LogP contribution is -2.15. The van der Waals surface area contributed by atoms with Crippen LogP contribution in [0.15, 0.2) is 61.2 Å². The van der Waals surface area contributed by atoms with Gasteiger partial charge in [-0.15, -0.1) is 0 Å². The number of halogens is 3. The molecule has 1 N–H and O–H groups in total. The first kappa shape index (κ1) is 22.3. The van der Waals surface area contributed by atoms with E-state index in [1.807, 2.05) is 35.7 Å². The topological polar surface area (TPSA) is 68.5 Å². The van der Waals surface area contributed by atoms with Crippen LogP contribution in [0.2, 0.25) is 0 Å². The van der Waals surface area contributed by atoms with Gasteiger partial charge in [-0.3, -0.25) is 9.38 Å². The Morgan fingerprint density at radius 3 is 2.52 bits per heavy atom. The Kier molecular flexibility index (Phi) is 6.04. The smallest absolute Gasteiger partial charge is 0.390 e. The van der Waals surface area contributed by atoms with Crippen LogP contribution in [0.4, 0.5) is 18.9 Å². The Morgan fingerprint density at radius 1 is 1.09 bits per heavy atom. The minimum absolute atomic E-state index is 0.270. The van der Waals surface area contributed by atoms with Crippen molar-refractivity contribution in [2.24, 2.45) is 0 Å². The molecule has 4 aromatic rings. The molecule has 33 heavy (non-hydrogen) atoms. The molecule has 6 nitrogen and oxygen atoms in total. The molecule has 0 unspecified atom stereocenters. The maximum Gasteiger partial charge on any atom is 0.390 e. The second-order valence-corrected chi connectivity index (χ2v) is 7.53. The van der Waals surface area contributed by atoms with Crippen molar-refractivity contribution >= 4 is 17.3 Å². The Bertz CT molecular complexity index is 1300. The van der Waals surface area contributed by atoms with E-state index in [0.29, 0.717) is 16.9 Å². The number of anilines is 1. The van der Waals surface area contributed by atoms with E-state index >= 15 is 0 Å². The van der Waals surface area contributed by atoms with Crippen molar-refractivity contribution in [2.75, 3.05) is 19.0 Å². The van der Waals surface area contributed by atoms with Gasteiger partial charge in [-0.1, -0.05) is 6.07 Å². The molecule has 0 bridgehead atoms. The van der Waals surface area contributed by atoms with E-state index in [4.69, 9.17) is 4.74 Å². The summed E-state index contributed by atoms with van der Waals surface area (Å²) in [6.45, 7) is 1.54. The minimum Gasteiger partial charge on any atom is -0.465 e. The van der Waals surface area contributed by atoms with Gasteiger partial charge in [-0.05, 0) is 48.4 Å². The van der Waals surface area contributed by atoms with Gasteiger partial charge in [-0.2, -0.15) is 13.2 Å². The number of imidazole rings is 1. The maximum absolute atomic E-state index is 12.7. The number of rotatable bonds is 6. The van der Waals surface area contributed by atoms with Crippen molar-refractivity contribution in [1.29, 1.82) is 0 Å². The lowest BCUT2D eigenvalue weighted by atomic mass is 10.0. The minimum atomic E-state index is -4.26. The van der Waals surface area contributed by atoms with Gasteiger partial charge in [0.1, 0.15) is 0 Å². The summed E-state index contributed by atoms with van der Waals surface area (Å²) in [4.78, 5) is 20.4. The zero-order chi connectivity index (χ0) is 23.6. The number of hydrogen-bond donors (Lipinski definition) is 1. The molecule has 0 aliphatic rings. The van der Waals surface area contributed by atoms with Crippen LogP contribution in [-0.2, 0) is 4.74 Å². The lowest BCUT2D eigenvalue weighted by molar-refractivity contribution is -0.131. The number of nitrogens with zero attached hydrogens (tertiary/aromatic N) is 3. The Labute approximate surface area is 188 Å². The quantitative estimate of drug-likeness (QED) is 0.389. The van der Waals surface area contributed by atoms with Gasteiger partial charge in [0.2, 0.25) is 0 Å². The largest absolute Gasteiger partial charge is 0.465 e. The van der Waals surface area contributed by atoms with Crippen molar-refractivity contribution in [3.63, 3.8) is 0 Å². The van der Waals surface area contributed by atoms with Crippen LogP contribution in [0, 0.1) is 6.92 Å². The maximum atomic E-state index is 12.7. The number of pyridine rings is 2. The summed E-state index contributed by atoms with van der Waals surface area (Å²) in [5, 5.41) is 2.88. The molecule has 1 aromatic carbocycles. The van der Waals surface area contributed by atoms with E-state index in [0.717, 1.165) is 27.9 Å². The van der Waals surface area contributed by atoms with Crippen molar-refractivity contribution in [1.82, 2.24) is 14.4 Å². The number of esters is 1. The average molecular weight is 454 g/mol. The first-order valence-electron chi connectivity index (χ1n) is 10.2. The second-order valence-electron chi connectivity index (χ2n) is 7.53. The van der Waals surface area contributed by atoms with Crippen LogP contribution >= 0.6 is 0 Å². The summed E-state index contributed by atoms with van der Waals surface area (Å²) in [7, 11) is 1.33. The van der Waals surface area contributed by atoms with Crippen LogP contribution < -0.4 is 5.32 Å². The third-order valence-electron chi connectivity index (χ3n) is 5.27. The fourth-order valence-corrected chi connectivity index (χ4v) is 3.63. The molecule has 9 heteroatoms. The van der Waals surface area contributed by atoms with Gasteiger partial charge in [-0.25, -0.2) is 9.78 Å². The van der Waals surface area contributed by atoms with Gasteiger partial charge in [0.05, 0.1) is 36.7 Å². The number of methoxy groups -OCH3 is 1. The first-order chi connectivity index (χ1) is 15.8. The predicted octanol–water partition coefficient (Wildman–Crippen LogP) is 5.52. The van der Waals surface area contributed by atoms with Gasteiger partial charge >= 0.3 is 12.1 Å². The highest BCUT2D eigenvalue weighted by atomic mass is 19.4. The monoisotopic (exact) mass is 454 g/mol. The summed E-state index contributed by atoms with van der Waals surface area (Å²) in [5.74, 6) is -0.423. The number of aromatic nitrogens is 3. The molecule has 0 saturated carbocycles. The van der Waals surface area contributed by atoms with Crippen LogP contribution in [0.1, 0.15) is 22.3 Å². The van der Waals surface area contributed by atoms with Crippen molar-refractivity contribution in [3.8, 4) is 22.4 Å². The number of carbonyl (C=O) groups is 1. The number of ether oxygens (including phenoxy) is 1. The number of hydrogen-bond acceptors (Lipinski definition) is 5. The van der Waals surface area contributed by atoms with E-state index in [-0.39, 0.29) is 6.54 Å². The normalized spacial score (nSPS) is 11.5. The third kappa shape index (κ3) is 4.82. The molecule has 0 atom stereocenters. The second kappa shape index (κ2) is 8.93. The molecule has 0 aliphatic heterocycles. The summed E-state index contributed by atoms with van der Waals surface area (Å²) in [6.07, 6.45) is 1.63. The molecule has 3 aromatic heterocycles. The van der Waals surface area contributed by atoms with E-state index in [1.54, 1.807) is 36.8 Å². The first-order valence-corrected chi connectivity index (χ1v) is 10.2. The number of alkyl halides is 3. The summed E-state index contributed by atoms with van der Waals surface area (Å²) in [6, 6.07) is 10.8. The van der Waals surface area contributed by atoms with Crippen LogP contribution in [0.3, 0.4) is 0 Å². The van der Waals surface area contributed by atoms with Crippen molar-refractivity contribution in [3.05, 3.63) is 72.3 Å². The van der Waals surface area contributed by atoms with Gasteiger partial charge < -0.3 is 10.1 Å². The number of nitrogens with one attached hydrogen (secondary N) is 1. The van der Waals surface area contributed by atoms with E-state index < -0.39 is 18.6 Å². The highest BCUT2D eigenvalue weighted by molar-refractivity contribution is 5.92. The summed E-state index contributed by atoms with van der Waals surface area (Å²) >= 11 is 0. The molecule has 3 heterocycles. The standard InChI is InChI=1S/C24H21F3N4O2/c1-15-11-17(3-4-19(15)23(32)33-2)21-13-30-22-20(29-10-7-24(25,26)27)12-18(14-31(21)22)16-5-8-28-9-6-16/h3-6,8-9,11-14,29H,7,10H2,1-2H3. The number of benzene rings is 1. The van der Waals surface area contributed by atoms with Gasteiger partial charge in [0.25, 0.3) is 0 Å². The highest BCUT2D eigenvalue weighted by Crippen LogP contribution is 2.31. The zero-order valence-electron chi connectivity index (χ0n) is 18.0. The van der Waals surface area contributed by atoms with Crippen LogP contribution in [-0.4, -0.2) is 40.2 Å². The molecule has 0 spiro atoms. The predicted molar refractivity (Wildman–Crippen MR) is 119 cm³/mol. The molecule has 0 aliphatic carbocycles. The SMILES string of the molecule is COC(=O)c1ccc(-c2cnc3c(NCCC(F)(F)F)cc(-c4ccncc4)cn23)cc1C. The number of carbonyl (C=O) groups excluding carboxylic acids is 1. The zero-order valence-corrected chi connectivity index (χ0v) is 18.0. The molecule has 170 valence electrons. The van der Waals surface area contributed by atoms with E-state index in [2.05, 4.69) is 15.3 Å². The summed E-state index contributed by atoms with van der Waals surface area (Å²) < 4.78 is 44.7. The lowest BCUT2D eigenvalue weighted by Gasteiger charge is -2.13. The van der Waals surface area contributed by atoms with Gasteiger partial charge in [0, 0.05) is 36.3 Å². The van der Waals surface area contributed by atoms with Crippen molar-refractivity contribution < 1.29 is 22.7 Å². The summed E-state index contributed by atoms with van der Waals surface area (Å²) in [5.41, 5.74) is 5.39. The van der Waals surface area contributed by atoms with E-state index in [9.17, 15) is 18.0 Å². The Hall–Kier alpha value is -3.88. The molecular weight excluding hydrogens is 433 g/mol. The fourth-order valence-electron chi connectivity index (χ4n) is 3.63. The highest BCUT2D eigenvalue weighted by Gasteiger charge is 2.26. The Balaban J connectivity index is 1.81. The third-order valence-corrected chi connectivity index (χ3v) is 5.27. The van der Waals surface area contributed by atoms with Crippen LogP contribution in [0.25, 0.3) is 28.0 Å². The molecule has 0 radical (unpaired) electrons. The Morgan fingerprint density at radius 2 is 1.85 bits per heavy atom. The number of aryl methyl sites for hydroxylation is 1. The molecule has 0 fully saturated rings. The van der Waals surface area contributed by atoms with Crippen LogP contribution in [0.5, 0.6) is 0 Å². The molecule has 0 amide bonds. The number of fused-ring (bicyclic) bond motifs is 1. The molecule has 0 saturated heterocycles. The molecule has 4 rings (SSSR count). The molecular formula is C24H21F3N4O2. The average Bonchev–Trinajstić information content (AvgIpc) is 3.22. The van der Waals surface area contributed by atoms with Gasteiger partial charge in [0.15, 0.2) is 5.65 Å². The van der Waals surface area contributed by atoms with Crippen molar-refractivity contribution in [2.45, 2.75) is 19.5 Å².